The van der Waals surface area contributed by atoms with Crippen molar-refractivity contribution in [2.75, 3.05) is 38.6 Å². The Morgan fingerprint density at radius 3 is 2.85 bits per heavy atom. The van der Waals surface area contributed by atoms with Gasteiger partial charge in [-0.15, -0.1) is 11.3 Å². The zero-order chi connectivity index (χ0) is 14.7. The van der Waals surface area contributed by atoms with Crippen LogP contribution in [0.4, 0.5) is 5.13 Å². The predicted octanol–water partition coefficient (Wildman–Crippen LogP) is 2.50. The van der Waals surface area contributed by atoms with E-state index in [0.29, 0.717) is 12.5 Å². The first-order valence-electron chi connectivity index (χ1n) is 7.64. The molecule has 1 aromatic rings. The molecule has 0 aliphatic carbocycles. The fourth-order valence-electron chi connectivity index (χ4n) is 2.88. The molecule has 2 heterocycles. The standard InChI is InChI=1S/C15H28N4S/c1-5-11(2)14-13(8-16)20-15(17-14)19(4)10-12-6-7-18(3)9-12/h11-12H,5-10,16H2,1-4H3. The van der Waals surface area contributed by atoms with Gasteiger partial charge in [-0.1, -0.05) is 13.8 Å². The summed E-state index contributed by atoms with van der Waals surface area (Å²) in [6.45, 7) is 8.59. The lowest BCUT2D eigenvalue weighted by atomic mass is 10.0. The Balaban J connectivity index is 2.06. The summed E-state index contributed by atoms with van der Waals surface area (Å²) in [5, 5.41) is 1.13. The summed E-state index contributed by atoms with van der Waals surface area (Å²) in [5.41, 5.74) is 7.10. The van der Waals surface area contributed by atoms with E-state index in [1.807, 2.05) is 0 Å². The van der Waals surface area contributed by atoms with Crippen LogP contribution in [0.25, 0.3) is 0 Å². The summed E-state index contributed by atoms with van der Waals surface area (Å²) in [6.07, 6.45) is 2.42. The van der Waals surface area contributed by atoms with Crippen LogP contribution < -0.4 is 10.6 Å². The topological polar surface area (TPSA) is 45.4 Å². The van der Waals surface area contributed by atoms with Crippen LogP contribution in [0, 0.1) is 5.92 Å². The minimum Gasteiger partial charge on any atom is -0.351 e. The van der Waals surface area contributed by atoms with Crippen LogP contribution in [-0.2, 0) is 6.54 Å². The average molecular weight is 296 g/mol. The lowest BCUT2D eigenvalue weighted by Gasteiger charge is -2.20. The van der Waals surface area contributed by atoms with E-state index in [4.69, 9.17) is 10.7 Å². The lowest BCUT2D eigenvalue weighted by Crippen LogP contribution is -2.27. The van der Waals surface area contributed by atoms with E-state index in [2.05, 4.69) is 37.7 Å². The molecule has 20 heavy (non-hydrogen) atoms. The van der Waals surface area contributed by atoms with Crippen molar-refractivity contribution in [3.63, 3.8) is 0 Å². The first kappa shape index (κ1) is 15.7. The molecule has 1 aliphatic heterocycles. The molecular formula is C15H28N4S. The second-order valence-corrected chi connectivity index (χ2v) is 7.18. The van der Waals surface area contributed by atoms with Gasteiger partial charge in [0.15, 0.2) is 5.13 Å². The Bertz CT molecular complexity index is 432. The van der Waals surface area contributed by atoms with E-state index >= 15 is 0 Å². The summed E-state index contributed by atoms with van der Waals surface area (Å²) in [4.78, 5) is 10.8. The number of nitrogens with zero attached hydrogens (tertiary/aromatic N) is 3. The van der Waals surface area contributed by atoms with E-state index in [0.717, 1.165) is 24.0 Å². The number of likely N-dealkylation sites (tertiary alicyclic amines) is 1. The maximum absolute atomic E-state index is 5.88. The van der Waals surface area contributed by atoms with Gasteiger partial charge in [0.2, 0.25) is 0 Å². The maximum Gasteiger partial charge on any atom is 0.185 e. The van der Waals surface area contributed by atoms with Gasteiger partial charge in [-0.05, 0) is 38.3 Å². The molecule has 1 aromatic heterocycles. The van der Waals surface area contributed by atoms with Crippen LogP contribution in [0.15, 0.2) is 0 Å². The first-order chi connectivity index (χ1) is 9.55. The molecule has 2 N–H and O–H groups in total. The van der Waals surface area contributed by atoms with Crippen molar-refractivity contribution in [1.82, 2.24) is 9.88 Å². The predicted molar refractivity (Wildman–Crippen MR) is 87.6 cm³/mol. The Kier molecular flexibility index (Phi) is 5.41. The third kappa shape index (κ3) is 3.51. The number of nitrogens with two attached hydrogens (primary N) is 1. The number of rotatable bonds is 6. The second kappa shape index (κ2) is 6.87. The number of anilines is 1. The third-order valence-corrected chi connectivity index (χ3v) is 5.54. The number of hydrogen-bond acceptors (Lipinski definition) is 5. The van der Waals surface area contributed by atoms with Gasteiger partial charge in [0, 0.05) is 31.6 Å². The molecule has 4 nitrogen and oxygen atoms in total. The molecule has 0 radical (unpaired) electrons. The molecule has 0 spiro atoms. The van der Waals surface area contributed by atoms with Crippen LogP contribution >= 0.6 is 11.3 Å². The SMILES string of the molecule is CCC(C)c1nc(N(C)CC2CCN(C)C2)sc1CN. The van der Waals surface area contributed by atoms with Gasteiger partial charge in [0.1, 0.15) is 0 Å². The molecule has 1 fully saturated rings. The molecule has 2 atom stereocenters. The van der Waals surface area contributed by atoms with Gasteiger partial charge in [-0.25, -0.2) is 4.98 Å². The fourth-order valence-corrected chi connectivity index (χ4v) is 3.91. The van der Waals surface area contributed by atoms with Crippen LogP contribution in [0.1, 0.15) is 43.2 Å². The quantitative estimate of drug-likeness (QED) is 0.876. The van der Waals surface area contributed by atoms with Crippen molar-refractivity contribution < 1.29 is 0 Å². The molecule has 0 saturated carbocycles. The minimum absolute atomic E-state index is 0.504. The van der Waals surface area contributed by atoms with Crippen molar-refractivity contribution in [2.45, 2.75) is 39.2 Å². The molecule has 114 valence electrons. The summed E-state index contributed by atoms with van der Waals surface area (Å²) in [7, 11) is 4.37. The van der Waals surface area contributed by atoms with Crippen LogP contribution in [0.3, 0.4) is 0 Å². The maximum atomic E-state index is 5.88. The molecule has 5 heteroatoms. The van der Waals surface area contributed by atoms with E-state index in [-0.39, 0.29) is 0 Å². The van der Waals surface area contributed by atoms with E-state index in [1.54, 1.807) is 11.3 Å². The molecule has 1 aliphatic rings. The van der Waals surface area contributed by atoms with Crippen molar-refractivity contribution >= 4 is 16.5 Å². The van der Waals surface area contributed by atoms with Gasteiger partial charge in [-0.3, -0.25) is 0 Å². The number of aromatic nitrogens is 1. The normalized spacial score (nSPS) is 21.4. The molecule has 2 rings (SSSR count). The molecule has 0 bridgehead atoms. The molecule has 0 aromatic carbocycles. The van der Waals surface area contributed by atoms with Gasteiger partial charge >= 0.3 is 0 Å². The highest BCUT2D eigenvalue weighted by Crippen LogP contribution is 2.32. The molecule has 2 unspecified atom stereocenters. The monoisotopic (exact) mass is 296 g/mol. The van der Waals surface area contributed by atoms with Gasteiger partial charge in [0.25, 0.3) is 0 Å². The van der Waals surface area contributed by atoms with E-state index in [9.17, 15) is 0 Å². The van der Waals surface area contributed by atoms with Crippen LogP contribution in [0.5, 0.6) is 0 Å². The Morgan fingerprint density at radius 2 is 2.30 bits per heavy atom. The van der Waals surface area contributed by atoms with Crippen molar-refractivity contribution in [3.05, 3.63) is 10.6 Å². The number of thiazole rings is 1. The highest BCUT2D eigenvalue weighted by molar-refractivity contribution is 7.15. The van der Waals surface area contributed by atoms with Gasteiger partial charge in [0.05, 0.1) is 5.69 Å². The van der Waals surface area contributed by atoms with Crippen molar-refractivity contribution in [2.24, 2.45) is 11.7 Å². The van der Waals surface area contributed by atoms with Crippen molar-refractivity contribution in [3.8, 4) is 0 Å². The summed E-state index contributed by atoms with van der Waals surface area (Å²) < 4.78 is 0. The fraction of sp³-hybridized carbons (Fsp3) is 0.800. The van der Waals surface area contributed by atoms with Crippen LogP contribution in [0.2, 0.25) is 0 Å². The highest BCUT2D eigenvalue weighted by atomic mass is 32.1. The number of hydrogen-bond donors (Lipinski definition) is 1. The Hall–Kier alpha value is -0.650. The van der Waals surface area contributed by atoms with Gasteiger partial charge in [-0.2, -0.15) is 0 Å². The minimum atomic E-state index is 0.504. The summed E-state index contributed by atoms with van der Waals surface area (Å²) >= 11 is 1.77. The molecule has 0 amide bonds. The second-order valence-electron chi connectivity index (χ2n) is 6.12. The summed E-state index contributed by atoms with van der Waals surface area (Å²) in [6, 6.07) is 0. The Labute approximate surface area is 127 Å². The lowest BCUT2D eigenvalue weighted by molar-refractivity contribution is 0.396. The summed E-state index contributed by atoms with van der Waals surface area (Å²) in [5.74, 6) is 1.27. The zero-order valence-corrected chi connectivity index (χ0v) is 14.0. The third-order valence-electron chi connectivity index (χ3n) is 4.33. The van der Waals surface area contributed by atoms with Crippen LogP contribution in [-0.4, -0.2) is 43.6 Å². The zero-order valence-electron chi connectivity index (χ0n) is 13.2. The highest BCUT2D eigenvalue weighted by Gasteiger charge is 2.23. The van der Waals surface area contributed by atoms with Gasteiger partial charge < -0.3 is 15.5 Å². The van der Waals surface area contributed by atoms with Crippen molar-refractivity contribution in [1.29, 1.82) is 0 Å². The smallest absolute Gasteiger partial charge is 0.185 e. The molecular weight excluding hydrogens is 268 g/mol. The average Bonchev–Trinajstić information content (AvgIpc) is 3.04. The largest absolute Gasteiger partial charge is 0.351 e. The first-order valence-corrected chi connectivity index (χ1v) is 8.46. The van der Waals surface area contributed by atoms with E-state index in [1.165, 1.54) is 30.1 Å². The van der Waals surface area contributed by atoms with E-state index < -0.39 is 0 Å². The Morgan fingerprint density at radius 1 is 1.55 bits per heavy atom. The molecule has 1 saturated heterocycles.